The number of benzene rings is 4. The molecule has 33 heavy (non-hydrogen) atoms. The Kier molecular flexibility index (Phi) is 5.58. The summed E-state index contributed by atoms with van der Waals surface area (Å²) in [4.78, 5) is 10.2. The van der Waals surface area contributed by atoms with E-state index in [9.17, 15) is 0 Å². The normalized spacial score (nSPS) is 12.2. The summed E-state index contributed by atoms with van der Waals surface area (Å²) in [6, 6.07) is 38.5. The zero-order chi connectivity index (χ0) is 22.2. The topological polar surface area (TPSA) is 12.9 Å². The summed E-state index contributed by atoms with van der Waals surface area (Å²) in [7, 11) is 0. The van der Waals surface area contributed by atoms with E-state index >= 15 is 0 Å². The third kappa shape index (κ3) is 4.26. The number of hydrogen-bond donors (Lipinski definition) is 0. The van der Waals surface area contributed by atoms with E-state index < -0.39 is 0 Å². The first-order valence-corrected chi connectivity index (χ1v) is 13.1. The molecule has 6 rings (SSSR count). The van der Waals surface area contributed by atoms with Crippen LogP contribution in [0.15, 0.2) is 133 Å². The number of fused-ring (bicyclic) bond motifs is 2. The molecule has 4 heteroatoms. The predicted molar refractivity (Wildman–Crippen MR) is 143 cm³/mol. The molecule has 158 valence electrons. The van der Waals surface area contributed by atoms with Gasteiger partial charge in [0.05, 0.1) is 11.4 Å². The lowest BCUT2D eigenvalue weighted by Gasteiger charge is -2.19. The Balaban J connectivity index is 1.46. The van der Waals surface area contributed by atoms with Gasteiger partial charge in [0.25, 0.3) is 0 Å². The Bertz CT molecular complexity index is 1410. The highest BCUT2D eigenvalue weighted by Gasteiger charge is 2.18. The molecule has 1 aliphatic heterocycles. The van der Waals surface area contributed by atoms with Gasteiger partial charge < -0.3 is 0 Å². The highest BCUT2D eigenvalue weighted by Crippen LogP contribution is 2.50. The zero-order valence-corrected chi connectivity index (χ0v) is 20.8. The minimum Gasteiger partial charge on any atom is -0.248 e. The Labute approximate surface area is 210 Å². The molecule has 1 aromatic heterocycles. The summed E-state index contributed by atoms with van der Waals surface area (Å²) < 4.78 is 1.12. The molecule has 0 spiro atoms. The summed E-state index contributed by atoms with van der Waals surface area (Å²) >= 11 is 7.25. The minimum absolute atomic E-state index is 0.988. The Morgan fingerprint density at radius 2 is 1.03 bits per heavy atom. The fraction of sp³-hybridized carbons (Fsp3) is 0. The van der Waals surface area contributed by atoms with Gasteiger partial charge in [0.2, 0.25) is 0 Å². The summed E-state index contributed by atoms with van der Waals surface area (Å²) in [6.07, 6.45) is 0. The summed E-state index contributed by atoms with van der Waals surface area (Å²) in [6.45, 7) is 0. The van der Waals surface area contributed by atoms with Crippen LogP contribution in [-0.2, 0) is 0 Å². The molecule has 0 fully saturated rings. The molecule has 1 nitrogen and oxygen atoms in total. The van der Waals surface area contributed by atoms with E-state index in [2.05, 4.69) is 119 Å². The highest BCUT2D eigenvalue weighted by molar-refractivity contribution is 9.10. The zero-order valence-electron chi connectivity index (χ0n) is 17.5. The van der Waals surface area contributed by atoms with Crippen molar-refractivity contribution >= 4 is 39.5 Å². The maximum atomic E-state index is 5.08. The lowest BCUT2D eigenvalue weighted by molar-refractivity contribution is 1.15. The van der Waals surface area contributed by atoms with Crippen LogP contribution in [0.5, 0.6) is 0 Å². The summed E-state index contributed by atoms with van der Waals surface area (Å²) in [5.41, 5.74) is 6.61. The van der Waals surface area contributed by atoms with Gasteiger partial charge in [-0.1, -0.05) is 106 Å². The van der Waals surface area contributed by atoms with Crippen molar-refractivity contribution in [2.75, 3.05) is 0 Å². The molecule has 0 unspecified atom stereocenters. The fourth-order valence-electron chi connectivity index (χ4n) is 3.95. The van der Waals surface area contributed by atoms with Crippen LogP contribution in [0.2, 0.25) is 0 Å². The first kappa shape index (κ1) is 20.8. The summed E-state index contributed by atoms with van der Waals surface area (Å²) in [5, 5.41) is 0. The number of pyridine rings is 1. The quantitative estimate of drug-likeness (QED) is 0.229. The van der Waals surface area contributed by atoms with Crippen molar-refractivity contribution < 1.29 is 0 Å². The third-order valence-corrected chi connectivity index (χ3v) is 8.61. The van der Waals surface area contributed by atoms with Crippen LogP contribution in [0.1, 0.15) is 0 Å². The fourth-order valence-corrected chi connectivity index (χ4v) is 6.73. The SMILES string of the molecule is Brc1ccc2c(c1)Sc1ccc(-c3cc(-c4ccccc4)cc(-c4ccccc4)n3)cc1S2. The second-order valence-corrected chi connectivity index (χ2v) is 10.9. The van der Waals surface area contributed by atoms with E-state index in [1.165, 1.54) is 30.7 Å². The lowest BCUT2D eigenvalue weighted by atomic mass is 10.00. The molecule has 0 saturated heterocycles. The molecule has 0 atom stereocenters. The number of nitrogens with zero attached hydrogens (tertiary/aromatic N) is 1. The molecule has 0 N–H and O–H groups in total. The average molecular weight is 525 g/mol. The van der Waals surface area contributed by atoms with Crippen molar-refractivity contribution in [1.29, 1.82) is 0 Å². The average Bonchev–Trinajstić information content (AvgIpc) is 2.88. The van der Waals surface area contributed by atoms with Gasteiger partial charge in [-0.05, 0) is 53.6 Å². The van der Waals surface area contributed by atoms with Crippen LogP contribution in [0.4, 0.5) is 0 Å². The van der Waals surface area contributed by atoms with Gasteiger partial charge in [-0.3, -0.25) is 0 Å². The molecule has 0 amide bonds. The molecule has 0 radical (unpaired) electrons. The minimum atomic E-state index is 0.988. The summed E-state index contributed by atoms with van der Waals surface area (Å²) in [5.74, 6) is 0. The van der Waals surface area contributed by atoms with Gasteiger partial charge in [0.1, 0.15) is 0 Å². The van der Waals surface area contributed by atoms with Crippen LogP contribution < -0.4 is 0 Å². The van der Waals surface area contributed by atoms with E-state index in [1.807, 2.05) is 29.6 Å². The van der Waals surface area contributed by atoms with Crippen LogP contribution in [0, 0.1) is 0 Å². The Hall–Kier alpha value is -2.79. The molecule has 0 saturated carbocycles. The van der Waals surface area contributed by atoms with Crippen LogP contribution in [0.25, 0.3) is 33.6 Å². The van der Waals surface area contributed by atoms with Crippen LogP contribution in [0.3, 0.4) is 0 Å². The molecule has 4 aromatic carbocycles. The van der Waals surface area contributed by atoms with E-state index in [1.54, 1.807) is 0 Å². The van der Waals surface area contributed by atoms with Gasteiger partial charge in [-0.25, -0.2) is 4.98 Å². The number of rotatable bonds is 3. The van der Waals surface area contributed by atoms with Gasteiger partial charge >= 0.3 is 0 Å². The maximum absolute atomic E-state index is 5.08. The molecule has 0 aliphatic carbocycles. The lowest BCUT2D eigenvalue weighted by Crippen LogP contribution is -1.93. The Morgan fingerprint density at radius 3 is 1.73 bits per heavy atom. The molecule has 5 aromatic rings. The molecule has 0 bridgehead atoms. The highest BCUT2D eigenvalue weighted by atomic mass is 79.9. The van der Waals surface area contributed by atoms with Crippen molar-refractivity contribution in [1.82, 2.24) is 4.98 Å². The second kappa shape index (κ2) is 8.86. The van der Waals surface area contributed by atoms with Gasteiger partial charge in [-0.15, -0.1) is 0 Å². The van der Waals surface area contributed by atoms with E-state index in [0.29, 0.717) is 0 Å². The van der Waals surface area contributed by atoms with Crippen molar-refractivity contribution in [3.63, 3.8) is 0 Å². The predicted octanol–water partition coefficient (Wildman–Crippen LogP) is 9.46. The van der Waals surface area contributed by atoms with Gasteiger partial charge in [0.15, 0.2) is 0 Å². The monoisotopic (exact) mass is 523 g/mol. The Morgan fingerprint density at radius 1 is 0.455 bits per heavy atom. The van der Waals surface area contributed by atoms with Crippen molar-refractivity contribution in [3.8, 4) is 33.6 Å². The maximum Gasteiger partial charge on any atom is 0.0716 e. The first-order chi connectivity index (χ1) is 16.2. The van der Waals surface area contributed by atoms with Crippen LogP contribution >= 0.6 is 39.5 Å². The smallest absolute Gasteiger partial charge is 0.0716 e. The number of hydrogen-bond acceptors (Lipinski definition) is 3. The molecule has 1 aliphatic rings. The van der Waals surface area contributed by atoms with E-state index in [-0.39, 0.29) is 0 Å². The van der Waals surface area contributed by atoms with Gasteiger partial charge in [-0.2, -0.15) is 0 Å². The van der Waals surface area contributed by atoms with E-state index in [0.717, 1.165) is 27.0 Å². The number of aromatic nitrogens is 1. The molecular formula is C29H18BrNS2. The van der Waals surface area contributed by atoms with E-state index in [4.69, 9.17) is 4.98 Å². The first-order valence-electron chi connectivity index (χ1n) is 10.7. The third-order valence-electron chi connectivity index (χ3n) is 5.59. The standard InChI is InChI=1S/C29H18BrNS2/c30-23-12-14-27-29(18-23)33-26-13-11-21(17-28(26)32-27)25-16-22(19-7-3-1-4-8-19)15-24(31-25)20-9-5-2-6-10-20/h1-18H. The molecular weight excluding hydrogens is 506 g/mol. The van der Waals surface area contributed by atoms with Crippen molar-refractivity contribution in [2.24, 2.45) is 0 Å². The largest absolute Gasteiger partial charge is 0.248 e. The van der Waals surface area contributed by atoms with Crippen molar-refractivity contribution in [3.05, 3.63) is 114 Å². The molecule has 2 heterocycles. The van der Waals surface area contributed by atoms with Crippen LogP contribution in [-0.4, -0.2) is 4.98 Å². The second-order valence-electron chi connectivity index (χ2n) is 7.82. The van der Waals surface area contributed by atoms with Crippen molar-refractivity contribution in [2.45, 2.75) is 19.6 Å². The van der Waals surface area contributed by atoms with Gasteiger partial charge in [0, 0.05) is 35.2 Å². The number of halogens is 1.